The zero-order valence-corrected chi connectivity index (χ0v) is 13.2. The highest BCUT2D eigenvalue weighted by Gasteiger charge is 2.20. The molecule has 1 saturated heterocycles. The fraction of sp³-hybridized carbons (Fsp3) is 0.857. The van der Waals surface area contributed by atoms with Crippen molar-refractivity contribution in [2.24, 2.45) is 0 Å². The van der Waals surface area contributed by atoms with E-state index in [1.807, 2.05) is 25.6 Å². The van der Waals surface area contributed by atoms with Gasteiger partial charge in [0.2, 0.25) is 5.91 Å². The molecule has 1 unspecified atom stereocenters. The second-order valence-electron chi connectivity index (χ2n) is 5.55. The van der Waals surface area contributed by atoms with Crippen molar-refractivity contribution in [3.63, 3.8) is 0 Å². The van der Waals surface area contributed by atoms with E-state index in [2.05, 4.69) is 10.2 Å². The average Bonchev–Trinajstić information content (AvgIpc) is 2.36. The summed E-state index contributed by atoms with van der Waals surface area (Å²) >= 11 is 1.84. The largest absolute Gasteiger partial charge is 0.481 e. The first-order chi connectivity index (χ1) is 9.47. The number of carboxylic acid groups (broad SMARTS) is 1. The first-order valence-electron chi connectivity index (χ1n) is 7.32. The Hall–Kier alpha value is -0.750. The van der Waals surface area contributed by atoms with Gasteiger partial charge >= 0.3 is 5.97 Å². The van der Waals surface area contributed by atoms with Gasteiger partial charge in [-0.2, -0.15) is 11.8 Å². The summed E-state index contributed by atoms with van der Waals surface area (Å²) < 4.78 is 0. The molecule has 1 heterocycles. The Morgan fingerprint density at radius 1 is 1.40 bits per heavy atom. The summed E-state index contributed by atoms with van der Waals surface area (Å²) in [4.78, 5) is 24.3. The van der Waals surface area contributed by atoms with Crippen molar-refractivity contribution in [1.82, 2.24) is 10.2 Å². The minimum atomic E-state index is -0.731. The number of thioether (sulfide) groups is 1. The van der Waals surface area contributed by atoms with Crippen molar-refractivity contribution in [3.05, 3.63) is 0 Å². The molecule has 1 fully saturated rings. The fourth-order valence-corrected chi connectivity index (χ4v) is 3.60. The third-order valence-electron chi connectivity index (χ3n) is 3.24. The maximum atomic E-state index is 11.5. The molecule has 20 heavy (non-hydrogen) atoms. The summed E-state index contributed by atoms with van der Waals surface area (Å²) in [5, 5.41) is 12.1. The molecule has 1 atom stereocenters. The highest BCUT2D eigenvalue weighted by atomic mass is 32.2. The van der Waals surface area contributed by atoms with Crippen LogP contribution in [0, 0.1) is 0 Å². The van der Waals surface area contributed by atoms with Crippen LogP contribution < -0.4 is 5.32 Å². The lowest BCUT2D eigenvalue weighted by molar-refractivity contribution is -0.137. The van der Waals surface area contributed by atoms with Crippen LogP contribution in [0.1, 0.15) is 39.5 Å². The molecule has 0 spiro atoms. The predicted octanol–water partition coefficient (Wildman–Crippen LogP) is 1.57. The molecular formula is C14H26N2O3S. The minimum Gasteiger partial charge on any atom is -0.481 e. The molecule has 0 aliphatic carbocycles. The smallest absolute Gasteiger partial charge is 0.304 e. The van der Waals surface area contributed by atoms with Crippen LogP contribution >= 0.6 is 11.8 Å². The topological polar surface area (TPSA) is 69.6 Å². The van der Waals surface area contributed by atoms with Gasteiger partial charge in [0, 0.05) is 36.6 Å². The number of carbonyl (C=O) groups excluding carboxylic acids is 1. The number of aliphatic carboxylic acids is 1. The maximum absolute atomic E-state index is 11.5. The van der Waals surface area contributed by atoms with E-state index in [-0.39, 0.29) is 18.4 Å². The molecule has 1 aliphatic heterocycles. The van der Waals surface area contributed by atoms with Gasteiger partial charge in [-0.1, -0.05) is 0 Å². The quantitative estimate of drug-likeness (QED) is 0.712. The van der Waals surface area contributed by atoms with Gasteiger partial charge in [0.25, 0.3) is 0 Å². The zero-order chi connectivity index (χ0) is 15.0. The SMILES string of the molecule is CC(C)NC(=O)CCSC1CCCN(CCC(=O)O)C1. The molecule has 116 valence electrons. The van der Waals surface area contributed by atoms with Crippen LogP contribution in [0.2, 0.25) is 0 Å². The Morgan fingerprint density at radius 3 is 2.80 bits per heavy atom. The van der Waals surface area contributed by atoms with Crippen molar-refractivity contribution in [1.29, 1.82) is 0 Å². The van der Waals surface area contributed by atoms with Crippen LogP contribution in [-0.4, -0.2) is 58.6 Å². The van der Waals surface area contributed by atoms with Crippen molar-refractivity contribution in [3.8, 4) is 0 Å². The van der Waals surface area contributed by atoms with Gasteiger partial charge in [0.05, 0.1) is 6.42 Å². The number of hydrogen-bond donors (Lipinski definition) is 2. The first-order valence-corrected chi connectivity index (χ1v) is 8.37. The molecule has 6 heteroatoms. The molecule has 2 N–H and O–H groups in total. The summed E-state index contributed by atoms with van der Waals surface area (Å²) in [7, 11) is 0. The monoisotopic (exact) mass is 302 g/mol. The highest BCUT2D eigenvalue weighted by Crippen LogP contribution is 2.23. The Balaban J connectivity index is 2.17. The van der Waals surface area contributed by atoms with Gasteiger partial charge in [0.1, 0.15) is 0 Å². The molecule has 0 saturated carbocycles. The molecule has 0 aromatic heterocycles. The standard InChI is InChI=1S/C14H26N2O3S/c1-11(2)15-13(17)6-9-20-12-4-3-7-16(10-12)8-5-14(18)19/h11-12H,3-10H2,1-2H3,(H,15,17)(H,18,19). The second-order valence-corrected chi connectivity index (χ2v) is 6.96. The molecule has 1 rings (SSSR count). The molecule has 0 aromatic rings. The van der Waals surface area contributed by atoms with Crippen LogP contribution in [0.5, 0.6) is 0 Å². The van der Waals surface area contributed by atoms with Crippen LogP contribution in [0.15, 0.2) is 0 Å². The molecule has 0 bridgehead atoms. The summed E-state index contributed by atoms with van der Waals surface area (Å²) in [5.41, 5.74) is 0. The number of amides is 1. The number of hydrogen-bond acceptors (Lipinski definition) is 4. The summed E-state index contributed by atoms with van der Waals surface area (Å²) in [6, 6.07) is 0.202. The van der Waals surface area contributed by atoms with Crippen molar-refractivity contribution in [2.75, 3.05) is 25.4 Å². The van der Waals surface area contributed by atoms with E-state index < -0.39 is 5.97 Å². The molecule has 1 aliphatic rings. The summed E-state index contributed by atoms with van der Waals surface area (Å²) in [6.45, 7) is 6.52. The molecule has 5 nitrogen and oxygen atoms in total. The van der Waals surface area contributed by atoms with Crippen LogP contribution in [0.4, 0.5) is 0 Å². The number of nitrogens with zero attached hydrogens (tertiary/aromatic N) is 1. The molecule has 0 aromatic carbocycles. The fourth-order valence-electron chi connectivity index (χ4n) is 2.32. The van der Waals surface area contributed by atoms with E-state index in [4.69, 9.17) is 5.11 Å². The highest BCUT2D eigenvalue weighted by molar-refractivity contribution is 7.99. The van der Waals surface area contributed by atoms with Crippen LogP contribution in [0.25, 0.3) is 0 Å². The molecule has 0 radical (unpaired) electrons. The number of carbonyl (C=O) groups is 2. The molecule has 1 amide bonds. The van der Waals surface area contributed by atoms with E-state index in [1.54, 1.807) is 0 Å². The lowest BCUT2D eigenvalue weighted by Crippen LogP contribution is -2.38. The van der Waals surface area contributed by atoms with Gasteiger partial charge in [0.15, 0.2) is 0 Å². The lowest BCUT2D eigenvalue weighted by Gasteiger charge is -2.32. The molecular weight excluding hydrogens is 276 g/mol. The van der Waals surface area contributed by atoms with E-state index in [9.17, 15) is 9.59 Å². The Kier molecular flexibility index (Phi) is 7.99. The number of piperidine rings is 1. The maximum Gasteiger partial charge on any atom is 0.304 e. The van der Waals surface area contributed by atoms with E-state index in [0.717, 1.165) is 25.3 Å². The minimum absolute atomic E-state index is 0.117. The van der Waals surface area contributed by atoms with E-state index in [0.29, 0.717) is 18.2 Å². The van der Waals surface area contributed by atoms with Crippen molar-refractivity contribution in [2.45, 2.75) is 50.8 Å². The first kappa shape index (κ1) is 17.3. The zero-order valence-electron chi connectivity index (χ0n) is 12.4. The van der Waals surface area contributed by atoms with Crippen molar-refractivity contribution < 1.29 is 14.7 Å². The predicted molar refractivity (Wildman–Crippen MR) is 82.1 cm³/mol. The van der Waals surface area contributed by atoms with Crippen LogP contribution in [0.3, 0.4) is 0 Å². The number of carboxylic acids is 1. The van der Waals surface area contributed by atoms with Gasteiger partial charge in [-0.3, -0.25) is 9.59 Å². The summed E-state index contributed by atoms with van der Waals surface area (Å²) in [6.07, 6.45) is 3.07. The second kappa shape index (κ2) is 9.23. The number of rotatable bonds is 8. The lowest BCUT2D eigenvalue weighted by atomic mass is 10.1. The van der Waals surface area contributed by atoms with Gasteiger partial charge in [-0.15, -0.1) is 0 Å². The number of nitrogens with one attached hydrogen (secondary N) is 1. The van der Waals surface area contributed by atoms with Gasteiger partial charge < -0.3 is 15.3 Å². The van der Waals surface area contributed by atoms with Gasteiger partial charge in [-0.25, -0.2) is 0 Å². The van der Waals surface area contributed by atoms with Crippen molar-refractivity contribution >= 4 is 23.6 Å². The van der Waals surface area contributed by atoms with Gasteiger partial charge in [-0.05, 0) is 33.2 Å². The third-order valence-corrected chi connectivity index (χ3v) is 4.53. The summed E-state index contributed by atoms with van der Waals surface area (Å²) in [5.74, 6) is 0.229. The third kappa shape index (κ3) is 7.75. The van der Waals surface area contributed by atoms with Crippen LogP contribution in [-0.2, 0) is 9.59 Å². The van der Waals surface area contributed by atoms with E-state index in [1.165, 1.54) is 6.42 Å². The normalized spacial score (nSPS) is 20.1. The Labute approximate surface area is 125 Å². The average molecular weight is 302 g/mol. The Bertz CT molecular complexity index is 324. The Morgan fingerprint density at radius 2 is 2.15 bits per heavy atom. The number of likely N-dealkylation sites (tertiary alicyclic amines) is 1. The van der Waals surface area contributed by atoms with E-state index >= 15 is 0 Å².